The Labute approximate surface area is 408 Å². The summed E-state index contributed by atoms with van der Waals surface area (Å²) in [5.41, 5.74) is 15.4. The van der Waals surface area contributed by atoms with Crippen LogP contribution in [-0.2, 0) is 9.53 Å². The number of likely N-dealkylation sites (tertiary alicyclic amines) is 2. The molecule has 1 atom stereocenters. The topological polar surface area (TPSA) is 204 Å². The first-order valence-electron chi connectivity index (χ1n) is 22.5. The lowest BCUT2D eigenvalue weighted by Crippen LogP contribution is -2.44. The molecular weight excluding hydrogens is 935 g/mol. The van der Waals surface area contributed by atoms with Crippen LogP contribution in [0.3, 0.4) is 0 Å². The van der Waals surface area contributed by atoms with E-state index in [-0.39, 0.29) is 58.4 Å². The standard InChI is InChI=1S/C48H55Cl2FN10O6S/c1-5-55-45(63)39-25-35-43(57-47(53)58-46(35)68-39)31-7-6-8-34(23-31)65-21-15-30-11-17-59(18-12-30)40(62)16-22-66-48(64)60-19-13-33(14-20-60)61(54-4)27-28(2)32-24-38(44(52)56-26-32)67-29(3)41-36(49)9-10-37(51)42(41)50/h6-10,23-27,29-30,33H,4-5,11-22H2,1-3H3,(H2,52,56)(H,55,63)(H2,53,57,58)/b28-27+/t29-/m1/s1. The summed E-state index contributed by atoms with van der Waals surface area (Å²) >= 11 is 13.8. The molecule has 3 amide bonds. The highest BCUT2D eigenvalue weighted by Gasteiger charge is 2.28. The quantitative estimate of drug-likeness (QED) is 0.0453. The number of benzene rings is 2. The van der Waals surface area contributed by atoms with Gasteiger partial charge < -0.3 is 40.8 Å². The lowest BCUT2D eigenvalue weighted by molar-refractivity contribution is -0.133. The minimum atomic E-state index is -0.727. The second-order valence-corrected chi connectivity index (χ2v) is 18.5. The van der Waals surface area contributed by atoms with Crippen molar-refractivity contribution < 1.29 is 33.0 Å². The van der Waals surface area contributed by atoms with Crippen molar-refractivity contribution >= 4 is 86.7 Å². The number of nitrogens with one attached hydrogen (secondary N) is 1. The number of rotatable bonds is 17. The van der Waals surface area contributed by atoms with E-state index in [2.05, 4.69) is 32.1 Å². The molecule has 2 aliphatic heterocycles. The fourth-order valence-corrected chi connectivity index (χ4v) is 9.95. The molecule has 20 heteroatoms. The minimum Gasteiger partial charge on any atom is -0.494 e. The molecule has 0 aliphatic carbocycles. The number of aromatic nitrogens is 3. The molecule has 360 valence electrons. The number of nitrogen functional groups attached to an aromatic ring is 2. The lowest BCUT2D eigenvalue weighted by atomic mass is 9.94. The molecule has 0 saturated carbocycles. The molecule has 5 N–H and O–H groups in total. The fraction of sp³-hybridized carbons (Fsp3) is 0.396. The van der Waals surface area contributed by atoms with E-state index < -0.39 is 18.0 Å². The van der Waals surface area contributed by atoms with E-state index in [0.29, 0.717) is 90.4 Å². The van der Waals surface area contributed by atoms with Crippen LogP contribution < -0.4 is 26.3 Å². The van der Waals surface area contributed by atoms with Crippen LogP contribution >= 0.6 is 34.5 Å². The molecule has 2 fully saturated rings. The molecule has 5 aromatic rings. The van der Waals surface area contributed by atoms with Crippen molar-refractivity contribution in [1.29, 1.82) is 0 Å². The smallest absolute Gasteiger partial charge is 0.409 e. The second-order valence-electron chi connectivity index (χ2n) is 16.6. The summed E-state index contributed by atoms with van der Waals surface area (Å²) < 4.78 is 32.0. The number of thiophene rings is 1. The maximum atomic E-state index is 14.2. The van der Waals surface area contributed by atoms with Gasteiger partial charge >= 0.3 is 6.09 Å². The number of ether oxygens (including phenoxy) is 3. The highest BCUT2D eigenvalue weighted by atomic mass is 35.5. The van der Waals surface area contributed by atoms with Crippen LogP contribution in [0.15, 0.2) is 66.0 Å². The number of nitrogens with two attached hydrogens (primary N) is 2. The zero-order valence-corrected chi connectivity index (χ0v) is 40.5. The van der Waals surface area contributed by atoms with Gasteiger partial charge in [-0.15, -0.1) is 11.3 Å². The van der Waals surface area contributed by atoms with Gasteiger partial charge in [-0.3, -0.25) is 14.6 Å². The number of hydrogen-bond donors (Lipinski definition) is 3. The van der Waals surface area contributed by atoms with Gasteiger partial charge in [-0.25, -0.2) is 24.1 Å². The van der Waals surface area contributed by atoms with Crippen molar-refractivity contribution in [3.8, 4) is 22.8 Å². The van der Waals surface area contributed by atoms with E-state index in [1.54, 1.807) is 35.2 Å². The zero-order chi connectivity index (χ0) is 48.5. The van der Waals surface area contributed by atoms with Crippen LogP contribution in [-0.4, -0.2) is 106 Å². The van der Waals surface area contributed by atoms with E-state index in [4.69, 9.17) is 48.9 Å². The van der Waals surface area contributed by atoms with Gasteiger partial charge in [0.1, 0.15) is 29.1 Å². The number of halogens is 3. The summed E-state index contributed by atoms with van der Waals surface area (Å²) in [6.07, 6.45) is 6.18. The molecule has 0 spiro atoms. The number of carbonyl (C=O) groups excluding carboxylic acids is 3. The monoisotopic (exact) mass is 988 g/mol. The van der Waals surface area contributed by atoms with Gasteiger partial charge in [0.25, 0.3) is 5.91 Å². The van der Waals surface area contributed by atoms with Gasteiger partial charge in [0.15, 0.2) is 11.6 Å². The summed E-state index contributed by atoms with van der Waals surface area (Å²) in [6.45, 7) is 12.4. The van der Waals surface area contributed by atoms with Gasteiger partial charge in [-0.1, -0.05) is 35.3 Å². The largest absolute Gasteiger partial charge is 0.494 e. The van der Waals surface area contributed by atoms with Gasteiger partial charge in [0.05, 0.1) is 34.7 Å². The van der Waals surface area contributed by atoms with Crippen LogP contribution in [0, 0.1) is 11.7 Å². The molecule has 0 bridgehead atoms. The highest BCUT2D eigenvalue weighted by Crippen LogP contribution is 2.37. The molecule has 68 heavy (non-hydrogen) atoms. The Morgan fingerprint density at radius 3 is 2.53 bits per heavy atom. The number of nitrogens with zero attached hydrogens (tertiary/aromatic N) is 7. The second kappa shape index (κ2) is 22.7. The Morgan fingerprint density at radius 2 is 1.79 bits per heavy atom. The molecule has 0 unspecified atom stereocenters. The van der Waals surface area contributed by atoms with E-state index in [1.165, 1.54) is 23.5 Å². The molecule has 2 aromatic carbocycles. The Morgan fingerprint density at radius 1 is 1.04 bits per heavy atom. The van der Waals surface area contributed by atoms with Crippen molar-refractivity contribution in [2.45, 2.75) is 71.4 Å². The third-order valence-corrected chi connectivity index (χ3v) is 13.8. The number of allylic oxidation sites excluding steroid dienone is 1. The van der Waals surface area contributed by atoms with Crippen molar-refractivity contribution in [1.82, 2.24) is 35.1 Å². The summed E-state index contributed by atoms with van der Waals surface area (Å²) in [7, 11) is 0. The van der Waals surface area contributed by atoms with Crippen molar-refractivity contribution in [2.75, 3.05) is 57.4 Å². The van der Waals surface area contributed by atoms with E-state index in [9.17, 15) is 18.8 Å². The molecule has 2 saturated heterocycles. The van der Waals surface area contributed by atoms with Crippen LogP contribution in [0.5, 0.6) is 11.5 Å². The summed E-state index contributed by atoms with van der Waals surface area (Å²) in [4.78, 5) is 56.4. The number of piperidine rings is 2. The van der Waals surface area contributed by atoms with E-state index in [0.717, 1.165) is 35.8 Å². The number of carbonyl (C=O) groups is 3. The zero-order valence-electron chi connectivity index (χ0n) is 38.2. The van der Waals surface area contributed by atoms with Crippen LogP contribution in [0.2, 0.25) is 10.0 Å². The summed E-state index contributed by atoms with van der Waals surface area (Å²) in [5.74, 6) is 0.836. The van der Waals surface area contributed by atoms with Gasteiger partial charge in [0, 0.05) is 78.9 Å². The Kier molecular flexibility index (Phi) is 16.6. The van der Waals surface area contributed by atoms with E-state index >= 15 is 0 Å². The lowest BCUT2D eigenvalue weighted by Gasteiger charge is -2.35. The Balaban J connectivity index is 0.813. The molecule has 0 radical (unpaired) electrons. The van der Waals surface area contributed by atoms with Crippen LogP contribution in [0.4, 0.5) is 21.0 Å². The molecule has 16 nitrogen and oxygen atoms in total. The van der Waals surface area contributed by atoms with E-state index in [1.807, 2.05) is 49.2 Å². The first-order chi connectivity index (χ1) is 32.7. The molecular formula is C48H55Cl2FN10O6S. The fourth-order valence-electron chi connectivity index (χ4n) is 8.32. The molecule has 2 aliphatic rings. The van der Waals surface area contributed by atoms with Crippen molar-refractivity contribution in [2.24, 2.45) is 11.0 Å². The normalized spacial score (nSPS) is 15.2. The van der Waals surface area contributed by atoms with Gasteiger partial charge in [-0.05, 0) is 101 Å². The third kappa shape index (κ3) is 12.1. The Hall–Kier alpha value is -6.24. The molecule has 3 aromatic heterocycles. The number of amides is 3. The predicted molar refractivity (Wildman–Crippen MR) is 264 cm³/mol. The number of hydrazone groups is 1. The number of anilines is 2. The van der Waals surface area contributed by atoms with Crippen LogP contribution in [0.1, 0.15) is 86.2 Å². The number of hydrogen-bond acceptors (Lipinski definition) is 14. The maximum Gasteiger partial charge on any atom is 0.409 e. The SMILES string of the molecule is C=NN(/C=C(\C)c1cnc(N)c(O[C@H](C)c2c(Cl)ccc(F)c2Cl)c1)C1CCN(C(=O)OCCC(=O)N2CCC(CCOc3cccc(-c4nc(N)nc5sc(C(=O)NCC)cc45)c3)CC2)CC1. The Bertz CT molecular complexity index is 2670. The minimum absolute atomic E-state index is 0.00398. The molecule has 5 heterocycles. The van der Waals surface area contributed by atoms with Crippen molar-refractivity contribution in [3.63, 3.8) is 0 Å². The maximum absolute atomic E-state index is 14.2. The average Bonchev–Trinajstić information content (AvgIpc) is 3.77. The van der Waals surface area contributed by atoms with Gasteiger partial charge in [-0.2, -0.15) is 5.10 Å². The highest BCUT2D eigenvalue weighted by molar-refractivity contribution is 7.20. The van der Waals surface area contributed by atoms with Crippen LogP contribution in [0.25, 0.3) is 27.0 Å². The summed E-state index contributed by atoms with van der Waals surface area (Å²) in [5, 5.41) is 9.72. The first kappa shape index (κ1) is 49.7. The average molecular weight is 990 g/mol. The third-order valence-electron chi connectivity index (χ3n) is 12.1. The number of pyridine rings is 1. The summed E-state index contributed by atoms with van der Waals surface area (Å²) in [6, 6.07) is 13.7. The first-order valence-corrected chi connectivity index (χ1v) is 24.1. The van der Waals surface area contributed by atoms with Crippen molar-refractivity contribution in [3.05, 3.63) is 92.8 Å². The molecule has 7 rings (SSSR count). The predicted octanol–water partition coefficient (Wildman–Crippen LogP) is 9.23. The van der Waals surface area contributed by atoms with Gasteiger partial charge in [0.2, 0.25) is 11.9 Å². The number of fused-ring (bicyclic) bond motifs is 1.